The van der Waals surface area contributed by atoms with Crippen LogP contribution < -0.4 is 5.63 Å². The molecule has 0 atom stereocenters. The number of likely N-dealkylation sites (N-methyl/N-ethyl adjacent to an activating group) is 1. The van der Waals surface area contributed by atoms with Gasteiger partial charge in [0.25, 0.3) is 0 Å². The predicted molar refractivity (Wildman–Crippen MR) is 89.3 cm³/mol. The van der Waals surface area contributed by atoms with Crippen molar-refractivity contribution in [2.75, 3.05) is 32.7 Å². The molecule has 118 valence electrons. The number of nitrogens with zero attached hydrogens (tertiary/aromatic N) is 2. The standard InChI is InChI=1S/C18H24N2O2/c1-3-14-5-6-17-16(11-14)15(12-18(21)22-17)13-20-9-7-19(4-2)8-10-20/h5-6,11-12H,3-4,7-10,13H2,1-2H3. The van der Waals surface area contributed by atoms with Crippen molar-refractivity contribution in [3.05, 3.63) is 45.8 Å². The molecule has 1 aromatic carbocycles. The zero-order valence-corrected chi connectivity index (χ0v) is 13.5. The van der Waals surface area contributed by atoms with E-state index < -0.39 is 0 Å². The Morgan fingerprint density at radius 1 is 1.05 bits per heavy atom. The van der Waals surface area contributed by atoms with Crippen molar-refractivity contribution < 1.29 is 4.42 Å². The highest BCUT2D eigenvalue weighted by Crippen LogP contribution is 2.21. The van der Waals surface area contributed by atoms with Crippen LogP contribution in [0.3, 0.4) is 0 Å². The van der Waals surface area contributed by atoms with Gasteiger partial charge >= 0.3 is 5.63 Å². The van der Waals surface area contributed by atoms with Crippen LogP contribution in [0.4, 0.5) is 0 Å². The van der Waals surface area contributed by atoms with Crippen molar-refractivity contribution in [3.63, 3.8) is 0 Å². The summed E-state index contributed by atoms with van der Waals surface area (Å²) in [6.07, 6.45) is 0.990. The minimum absolute atomic E-state index is 0.251. The number of piperazine rings is 1. The number of benzene rings is 1. The first-order valence-corrected chi connectivity index (χ1v) is 8.20. The first-order valence-electron chi connectivity index (χ1n) is 8.20. The minimum Gasteiger partial charge on any atom is -0.423 e. The molecule has 0 saturated carbocycles. The molecule has 4 heteroatoms. The van der Waals surface area contributed by atoms with Gasteiger partial charge in [0.15, 0.2) is 0 Å². The lowest BCUT2D eigenvalue weighted by Crippen LogP contribution is -2.45. The maximum atomic E-state index is 11.8. The molecule has 1 aliphatic rings. The van der Waals surface area contributed by atoms with Crippen molar-refractivity contribution >= 4 is 11.0 Å². The molecule has 4 nitrogen and oxygen atoms in total. The average Bonchev–Trinajstić information content (AvgIpc) is 2.55. The van der Waals surface area contributed by atoms with Gasteiger partial charge in [0.05, 0.1) is 0 Å². The van der Waals surface area contributed by atoms with Gasteiger partial charge < -0.3 is 9.32 Å². The number of aryl methyl sites for hydroxylation is 1. The van der Waals surface area contributed by atoms with Crippen LogP contribution in [0.5, 0.6) is 0 Å². The van der Waals surface area contributed by atoms with E-state index in [1.165, 1.54) is 5.56 Å². The summed E-state index contributed by atoms with van der Waals surface area (Å²) in [5.74, 6) is 0. The summed E-state index contributed by atoms with van der Waals surface area (Å²) in [4.78, 5) is 16.7. The van der Waals surface area contributed by atoms with Crippen molar-refractivity contribution in [1.82, 2.24) is 9.80 Å². The number of rotatable bonds is 4. The molecule has 0 N–H and O–H groups in total. The fourth-order valence-electron chi connectivity index (χ4n) is 3.13. The molecule has 1 aliphatic heterocycles. The quantitative estimate of drug-likeness (QED) is 0.813. The Bertz CT molecular complexity index is 700. The van der Waals surface area contributed by atoms with E-state index in [9.17, 15) is 4.79 Å². The third-order valence-electron chi connectivity index (χ3n) is 4.61. The topological polar surface area (TPSA) is 36.7 Å². The summed E-state index contributed by atoms with van der Waals surface area (Å²) in [7, 11) is 0. The van der Waals surface area contributed by atoms with Crippen LogP contribution in [0.25, 0.3) is 11.0 Å². The molecule has 0 unspecified atom stereocenters. The van der Waals surface area contributed by atoms with E-state index >= 15 is 0 Å². The zero-order chi connectivity index (χ0) is 15.5. The Balaban J connectivity index is 1.87. The Hall–Kier alpha value is -1.65. The highest BCUT2D eigenvalue weighted by molar-refractivity contribution is 5.80. The molecule has 0 spiro atoms. The molecule has 1 fully saturated rings. The second-order valence-corrected chi connectivity index (χ2v) is 5.99. The summed E-state index contributed by atoms with van der Waals surface area (Å²) in [6, 6.07) is 7.78. The third-order valence-corrected chi connectivity index (χ3v) is 4.61. The molecule has 22 heavy (non-hydrogen) atoms. The molecule has 1 saturated heterocycles. The van der Waals surface area contributed by atoms with Crippen LogP contribution >= 0.6 is 0 Å². The van der Waals surface area contributed by atoms with Gasteiger partial charge in [-0.2, -0.15) is 0 Å². The molecule has 0 amide bonds. The highest BCUT2D eigenvalue weighted by atomic mass is 16.4. The number of hydrogen-bond donors (Lipinski definition) is 0. The molecule has 1 aromatic heterocycles. The normalized spacial score (nSPS) is 17.2. The largest absolute Gasteiger partial charge is 0.423 e. The Kier molecular flexibility index (Phi) is 4.60. The fourth-order valence-corrected chi connectivity index (χ4v) is 3.13. The maximum Gasteiger partial charge on any atom is 0.336 e. The lowest BCUT2D eigenvalue weighted by molar-refractivity contribution is 0.132. The van der Waals surface area contributed by atoms with Crippen LogP contribution in [-0.2, 0) is 13.0 Å². The van der Waals surface area contributed by atoms with Crippen molar-refractivity contribution in [3.8, 4) is 0 Å². The smallest absolute Gasteiger partial charge is 0.336 e. The number of hydrogen-bond acceptors (Lipinski definition) is 4. The molecule has 3 rings (SSSR count). The lowest BCUT2D eigenvalue weighted by atomic mass is 10.0. The minimum atomic E-state index is -0.251. The Labute approximate surface area is 131 Å². The fraction of sp³-hybridized carbons (Fsp3) is 0.500. The summed E-state index contributed by atoms with van der Waals surface area (Å²) in [5.41, 5.74) is 2.82. The van der Waals surface area contributed by atoms with Gasteiger partial charge in [-0.15, -0.1) is 0 Å². The third kappa shape index (κ3) is 3.23. The van der Waals surface area contributed by atoms with Gasteiger partial charge in [-0.1, -0.05) is 19.9 Å². The van der Waals surface area contributed by atoms with E-state index in [0.717, 1.165) is 56.6 Å². The van der Waals surface area contributed by atoms with Crippen LogP contribution in [0.1, 0.15) is 25.0 Å². The predicted octanol–water partition coefficient (Wildman–Crippen LogP) is 2.49. The SMILES string of the molecule is CCc1ccc2oc(=O)cc(CN3CCN(CC)CC3)c2c1. The molecule has 0 radical (unpaired) electrons. The second kappa shape index (κ2) is 6.63. The van der Waals surface area contributed by atoms with Gasteiger partial charge in [0.1, 0.15) is 5.58 Å². The van der Waals surface area contributed by atoms with Crippen molar-refractivity contribution in [1.29, 1.82) is 0 Å². The second-order valence-electron chi connectivity index (χ2n) is 5.99. The van der Waals surface area contributed by atoms with Crippen LogP contribution in [0, 0.1) is 0 Å². The van der Waals surface area contributed by atoms with Crippen LogP contribution in [0.2, 0.25) is 0 Å². The molecule has 2 heterocycles. The molecule has 0 aliphatic carbocycles. The average molecular weight is 300 g/mol. The van der Waals surface area contributed by atoms with E-state index in [1.54, 1.807) is 6.07 Å². The van der Waals surface area contributed by atoms with E-state index in [0.29, 0.717) is 5.58 Å². The molecule has 0 bridgehead atoms. The van der Waals surface area contributed by atoms with Gasteiger partial charge in [-0.25, -0.2) is 4.79 Å². The van der Waals surface area contributed by atoms with Gasteiger partial charge in [-0.05, 0) is 36.2 Å². The Morgan fingerprint density at radius 2 is 1.77 bits per heavy atom. The van der Waals surface area contributed by atoms with Gasteiger partial charge in [-0.3, -0.25) is 4.90 Å². The lowest BCUT2D eigenvalue weighted by Gasteiger charge is -2.34. The first kappa shape index (κ1) is 15.3. The first-order chi connectivity index (χ1) is 10.7. The summed E-state index contributed by atoms with van der Waals surface area (Å²) < 4.78 is 5.34. The van der Waals surface area contributed by atoms with Crippen LogP contribution in [0.15, 0.2) is 33.5 Å². The van der Waals surface area contributed by atoms with E-state index in [1.807, 2.05) is 12.1 Å². The Morgan fingerprint density at radius 3 is 2.45 bits per heavy atom. The highest BCUT2D eigenvalue weighted by Gasteiger charge is 2.17. The monoisotopic (exact) mass is 300 g/mol. The van der Waals surface area contributed by atoms with Gasteiger partial charge in [0, 0.05) is 44.2 Å². The molecular weight excluding hydrogens is 276 g/mol. The molecule has 2 aromatic rings. The van der Waals surface area contributed by atoms with Crippen molar-refractivity contribution in [2.45, 2.75) is 26.8 Å². The molecular formula is C18H24N2O2. The summed E-state index contributed by atoms with van der Waals surface area (Å²) in [5, 5.41) is 1.08. The van der Waals surface area contributed by atoms with E-state index in [2.05, 4.69) is 29.7 Å². The van der Waals surface area contributed by atoms with E-state index in [-0.39, 0.29) is 5.63 Å². The maximum absolute atomic E-state index is 11.8. The van der Waals surface area contributed by atoms with Gasteiger partial charge in [0.2, 0.25) is 0 Å². The van der Waals surface area contributed by atoms with Crippen LogP contribution in [-0.4, -0.2) is 42.5 Å². The van der Waals surface area contributed by atoms with Crippen molar-refractivity contribution in [2.24, 2.45) is 0 Å². The zero-order valence-electron chi connectivity index (χ0n) is 13.5. The number of fused-ring (bicyclic) bond motifs is 1. The van der Waals surface area contributed by atoms with E-state index in [4.69, 9.17) is 4.42 Å². The summed E-state index contributed by atoms with van der Waals surface area (Å²) in [6.45, 7) is 10.6. The summed E-state index contributed by atoms with van der Waals surface area (Å²) >= 11 is 0.